The van der Waals surface area contributed by atoms with E-state index < -0.39 is 4.92 Å². The molecule has 1 aromatic heterocycles. The van der Waals surface area contributed by atoms with E-state index >= 15 is 0 Å². The summed E-state index contributed by atoms with van der Waals surface area (Å²) in [7, 11) is 0. The van der Waals surface area contributed by atoms with Crippen LogP contribution in [0, 0.1) is 10.1 Å². The maximum atomic E-state index is 10.8. The molecule has 0 radical (unpaired) electrons. The van der Waals surface area contributed by atoms with Gasteiger partial charge in [-0.3, -0.25) is 10.1 Å². The molecule has 0 bridgehead atoms. The first kappa shape index (κ1) is 14.1. The lowest BCUT2D eigenvalue weighted by Crippen LogP contribution is -2.07. The molecule has 0 aliphatic heterocycles. The van der Waals surface area contributed by atoms with E-state index in [1.807, 2.05) is 6.92 Å². The van der Waals surface area contributed by atoms with E-state index in [4.69, 9.17) is 4.74 Å². The average Bonchev–Trinajstić information content (AvgIpc) is 2.35. The molecule has 7 heteroatoms. The summed E-state index contributed by atoms with van der Waals surface area (Å²) in [6, 6.07) is 0. The lowest BCUT2D eigenvalue weighted by Gasteiger charge is -2.07. The summed E-state index contributed by atoms with van der Waals surface area (Å²) in [5, 5.41) is 13.7. The number of ether oxygens (including phenoxy) is 1. The van der Waals surface area contributed by atoms with Gasteiger partial charge in [-0.05, 0) is 13.3 Å². The van der Waals surface area contributed by atoms with Crippen LogP contribution in [0.2, 0.25) is 0 Å². The molecule has 100 valence electrons. The smallest absolute Gasteiger partial charge is 0.349 e. The Bertz CT molecular complexity index is 398. The lowest BCUT2D eigenvalue weighted by atomic mass is 10.3. The van der Waals surface area contributed by atoms with E-state index in [9.17, 15) is 10.1 Å². The molecule has 1 N–H and O–H groups in total. The van der Waals surface area contributed by atoms with E-state index in [0.29, 0.717) is 19.1 Å². The molecule has 7 nitrogen and oxygen atoms in total. The first-order chi connectivity index (χ1) is 8.69. The van der Waals surface area contributed by atoms with E-state index in [1.165, 1.54) is 6.20 Å². The number of nitro groups is 1. The average molecular weight is 254 g/mol. The van der Waals surface area contributed by atoms with Crippen molar-refractivity contribution in [2.75, 3.05) is 18.5 Å². The lowest BCUT2D eigenvalue weighted by molar-refractivity contribution is -0.386. The third kappa shape index (κ3) is 4.15. The number of nitrogens with one attached hydrogen (secondary N) is 1. The number of nitrogens with zero attached hydrogens (tertiary/aromatic N) is 3. The second kappa shape index (κ2) is 7.41. The minimum Gasteiger partial charge on any atom is -0.473 e. The fraction of sp³-hybridized carbons (Fsp3) is 0.636. The second-order valence-corrected chi connectivity index (χ2v) is 3.73. The number of hydrogen-bond acceptors (Lipinski definition) is 6. The molecule has 1 heterocycles. The third-order valence-corrected chi connectivity index (χ3v) is 2.25. The summed E-state index contributed by atoms with van der Waals surface area (Å²) in [5.41, 5.74) is -0.201. The van der Waals surface area contributed by atoms with Crippen LogP contribution in [0.15, 0.2) is 6.20 Å². The Morgan fingerprint density at radius 3 is 2.83 bits per heavy atom. The zero-order chi connectivity index (χ0) is 13.4. The molecule has 0 aliphatic carbocycles. The minimum atomic E-state index is -0.537. The molecule has 0 spiro atoms. The number of unbranched alkanes of at least 4 members (excludes halogenated alkanes) is 2. The van der Waals surface area contributed by atoms with Crippen molar-refractivity contribution in [3.63, 3.8) is 0 Å². The van der Waals surface area contributed by atoms with Crippen molar-refractivity contribution in [1.29, 1.82) is 0 Å². The Kier molecular flexibility index (Phi) is 5.83. The molecule has 0 unspecified atom stereocenters. The van der Waals surface area contributed by atoms with Crippen LogP contribution >= 0.6 is 0 Å². The Balaban J connectivity index is 2.76. The number of rotatable bonds is 8. The van der Waals surface area contributed by atoms with Crippen molar-refractivity contribution in [3.05, 3.63) is 16.3 Å². The highest BCUT2D eigenvalue weighted by Crippen LogP contribution is 2.24. The maximum absolute atomic E-state index is 10.8. The highest BCUT2D eigenvalue weighted by atomic mass is 16.6. The van der Waals surface area contributed by atoms with Crippen molar-refractivity contribution in [2.45, 2.75) is 33.1 Å². The summed E-state index contributed by atoms with van der Waals surface area (Å²) in [6.45, 7) is 5.05. The fourth-order valence-electron chi connectivity index (χ4n) is 1.36. The first-order valence-corrected chi connectivity index (χ1v) is 6.07. The molecule has 0 aliphatic rings. The Morgan fingerprint density at radius 2 is 2.22 bits per heavy atom. The highest BCUT2D eigenvalue weighted by Gasteiger charge is 2.18. The summed E-state index contributed by atoms with van der Waals surface area (Å²) >= 11 is 0. The van der Waals surface area contributed by atoms with E-state index in [1.54, 1.807) is 0 Å². The second-order valence-electron chi connectivity index (χ2n) is 3.73. The van der Waals surface area contributed by atoms with Crippen LogP contribution in [0.5, 0.6) is 5.88 Å². The van der Waals surface area contributed by atoms with Crippen LogP contribution in [0.25, 0.3) is 0 Å². The molecule has 18 heavy (non-hydrogen) atoms. The van der Waals surface area contributed by atoms with Gasteiger partial charge >= 0.3 is 5.69 Å². The molecule has 1 aromatic rings. The number of aromatic nitrogens is 2. The molecular formula is C11H18N4O3. The number of anilines is 1. The molecule has 0 fully saturated rings. The van der Waals surface area contributed by atoms with Gasteiger partial charge in [0, 0.05) is 6.54 Å². The van der Waals surface area contributed by atoms with Crippen LogP contribution in [0.4, 0.5) is 11.6 Å². The summed E-state index contributed by atoms with van der Waals surface area (Å²) in [4.78, 5) is 18.1. The van der Waals surface area contributed by atoms with Gasteiger partial charge < -0.3 is 10.1 Å². The van der Waals surface area contributed by atoms with Gasteiger partial charge in [-0.25, -0.2) is 4.98 Å². The first-order valence-electron chi connectivity index (χ1n) is 6.07. The highest BCUT2D eigenvalue weighted by molar-refractivity contribution is 5.43. The molecule has 0 atom stereocenters. The molecule has 0 saturated heterocycles. The Morgan fingerprint density at radius 1 is 1.44 bits per heavy atom. The van der Waals surface area contributed by atoms with Crippen LogP contribution in [0.3, 0.4) is 0 Å². The quantitative estimate of drug-likeness (QED) is 0.435. The summed E-state index contributed by atoms with van der Waals surface area (Å²) in [5.74, 6) is 0.371. The molecular weight excluding hydrogens is 236 g/mol. The normalized spacial score (nSPS) is 10.1. The van der Waals surface area contributed by atoms with Crippen LogP contribution in [-0.2, 0) is 0 Å². The van der Waals surface area contributed by atoms with Crippen molar-refractivity contribution < 1.29 is 9.66 Å². The van der Waals surface area contributed by atoms with Crippen molar-refractivity contribution in [1.82, 2.24) is 9.97 Å². The van der Waals surface area contributed by atoms with E-state index in [0.717, 1.165) is 19.3 Å². The fourth-order valence-corrected chi connectivity index (χ4v) is 1.36. The Hall–Kier alpha value is -1.92. The summed E-state index contributed by atoms with van der Waals surface area (Å²) in [6.07, 6.45) is 4.12. The van der Waals surface area contributed by atoms with Gasteiger partial charge in [0.05, 0.1) is 11.5 Å². The van der Waals surface area contributed by atoms with Gasteiger partial charge in [0.25, 0.3) is 5.88 Å². The van der Waals surface area contributed by atoms with Crippen molar-refractivity contribution in [2.24, 2.45) is 0 Å². The SMILES string of the molecule is CCCCCOc1nc(NCC)ncc1[N+](=O)[O-]. The predicted molar refractivity (Wildman–Crippen MR) is 67.9 cm³/mol. The predicted octanol–water partition coefficient (Wildman–Crippen LogP) is 2.39. The van der Waals surface area contributed by atoms with Gasteiger partial charge in [-0.2, -0.15) is 4.98 Å². The zero-order valence-corrected chi connectivity index (χ0v) is 10.7. The van der Waals surface area contributed by atoms with Gasteiger partial charge in [0.2, 0.25) is 5.95 Å². The van der Waals surface area contributed by atoms with Gasteiger partial charge in [0.1, 0.15) is 6.20 Å². The molecule has 0 amide bonds. The maximum Gasteiger partial charge on any atom is 0.349 e. The summed E-state index contributed by atoms with van der Waals surface area (Å²) < 4.78 is 5.35. The van der Waals surface area contributed by atoms with Gasteiger partial charge in [0.15, 0.2) is 0 Å². The van der Waals surface area contributed by atoms with Gasteiger partial charge in [-0.15, -0.1) is 0 Å². The molecule has 0 saturated carbocycles. The largest absolute Gasteiger partial charge is 0.473 e. The van der Waals surface area contributed by atoms with Crippen LogP contribution in [-0.4, -0.2) is 28.0 Å². The van der Waals surface area contributed by atoms with Crippen molar-refractivity contribution in [3.8, 4) is 5.88 Å². The van der Waals surface area contributed by atoms with Crippen molar-refractivity contribution >= 4 is 11.6 Å². The van der Waals surface area contributed by atoms with E-state index in [-0.39, 0.29) is 11.6 Å². The molecule has 1 rings (SSSR count). The standard InChI is InChI=1S/C11H18N4O3/c1-3-5-6-7-18-10-9(15(16)17)8-13-11(14-10)12-4-2/h8H,3-7H2,1-2H3,(H,12,13,14). The molecule has 0 aromatic carbocycles. The minimum absolute atomic E-state index is 0.0297. The van der Waals surface area contributed by atoms with Crippen LogP contribution in [0.1, 0.15) is 33.1 Å². The number of hydrogen-bond donors (Lipinski definition) is 1. The van der Waals surface area contributed by atoms with Crippen LogP contribution < -0.4 is 10.1 Å². The van der Waals surface area contributed by atoms with E-state index in [2.05, 4.69) is 22.2 Å². The Labute approximate surface area is 106 Å². The third-order valence-electron chi connectivity index (χ3n) is 2.25. The van der Waals surface area contributed by atoms with Gasteiger partial charge in [-0.1, -0.05) is 19.8 Å². The topological polar surface area (TPSA) is 90.2 Å². The monoisotopic (exact) mass is 254 g/mol. The zero-order valence-electron chi connectivity index (χ0n) is 10.7.